The minimum absolute atomic E-state index is 0.129. The van der Waals surface area contributed by atoms with Crippen LogP contribution in [0.15, 0.2) is 53.4 Å². The molecule has 1 saturated heterocycles. The molecular weight excluding hydrogens is 448 g/mol. The van der Waals surface area contributed by atoms with Crippen LogP contribution < -0.4 is 5.32 Å². The Balaban J connectivity index is 1.45. The van der Waals surface area contributed by atoms with Gasteiger partial charge < -0.3 is 5.32 Å². The molecule has 34 heavy (non-hydrogen) atoms. The number of benzene rings is 2. The number of carbonyl (C=O) groups excluding carboxylic acids is 1. The lowest BCUT2D eigenvalue weighted by Crippen LogP contribution is -2.36. The summed E-state index contributed by atoms with van der Waals surface area (Å²) in [5, 5.41) is 7.49. The number of aryl methyl sites for hydroxylation is 2. The number of hydrogen-bond acceptors (Lipinski definition) is 4. The molecule has 0 atom stereocenters. The Morgan fingerprint density at radius 3 is 2.32 bits per heavy atom. The average Bonchev–Trinajstić information content (AvgIpc) is 3.12. The molecule has 0 aliphatic carbocycles. The Hall–Kier alpha value is -2.97. The zero-order valence-corrected chi connectivity index (χ0v) is 20.9. The summed E-state index contributed by atoms with van der Waals surface area (Å²) in [7, 11) is -3.55. The van der Waals surface area contributed by atoms with Crippen LogP contribution in [0.5, 0.6) is 0 Å². The van der Waals surface area contributed by atoms with E-state index in [4.69, 9.17) is 0 Å². The van der Waals surface area contributed by atoms with Crippen LogP contribution in [0.3, 0.4) is 0 Å². The second kappa shape index (κ2) is 10.1. The normalized spacial score (nSPS) is 14.8. The van der Waals surface area contributed by atoms with Crippen molar-refractivity contribution in [2.75, 3.05) is 13.1 Å². The van der Waals surface area contributed by atoms with Gasteiger partial charge in [0.05, 0.1) is 17.9 Å². The molecule has 1 N–H and O–H groups in total. The van der Waals surface area contributed by atoms with Crippen molar-refractivity contribution in [3.63, 3.8) is 0 Å². The lowest BCUT2D eigenvalue weighted by atomic mass is 10.1. The number of nitrogens with zero attached hydrogens (tertiary/aromatic N) is 3. The zero-order valence-electron chi connectivity index (χ0n) is 20.0. The number of rotatable bonds is 7. The molecule has 1 amide bonds. The third-order valence-electron chi connectivity index (χ3n) is 6.48. The van der Waals surface area contributed by atoms with Gasteiger partial charge in [-0.3, -0.25) is 9.48 Å². The van der Waals surface area contributed by atoms with Crippen LogP contribution in [-0.4, -0.2) is 41.5 Å². The first-order valence-electron chi connectivity index (χ1n) is 11.7. The molecule has 1 aromatic heterocycles. The molecular formula is C26H32N4O3S. The second-order valence-electron chi connectivity index (χ2n) is 8.93. The van der Waals surface area contributed by atoms with Crippen LogP contribution in [0.4, 0.5) is 0 Å². The van der Waals surface area contributed by atoms with E-state index < -0.39 is 10.0 Å². The van der Waals surface area contributed by atoms with Gasteiger partial charge in [0.1, 0.15) is 4.90 Å². The van der Waals surface area contributed by atoms with Gasteiger partial charge in [-0.05, 0) is 62.4 Å². The quantitative estimate of drug-likeness (QED) is 0.555. The molecule has 3 aromatic rings. The van der Waals surface area contributed by atoms with Gasteiger partial charge in [-0.2, -0.15) is 9.40 Å². The molecule has 0 bridgehead atoms. The summed E-state index contributed by atoms with van der Waals surface area (Å²) in [6.07, 6.45) is 2.87. The van der Waals surface area contributed by atoms with Crippen LogP contribution in [-0.2, 0) is 23.1 Å². The van der Waals surface area contributed by atoms with Gasteiger partial charge in [-0.25, -0.2) is 8.42 Å². The number of piperidine rings is 1. The van der Waals surface area contributed by atoms with E-state index in [2.05, 4.69) is 10.4 Å². The molecule has 1 fully saturated rings. The zero-order chi connectivity index (χ0) is 24.3. The van der Waals surface area contributed by atoms with E-state index in [0.29, 0.717) is 48.0 Å². The van der Waals surface area contributed by atoms with E-state index in [0.717, 1.165) is 36.0 Å². The molecule has 1 aliphatic rings. The number of nitrogens with one attached hydrogen (secondary N) is 1. The number of amides is 1. The highest BCUT2D eigenvalue weighted by Crippen LogP contribution is 2.26. The Bertz CT molecular complexity index is 1270. The maximum absolute atomic E-state index is 13.2. The van der Waals surface area contributed by atoms with Crippen molar-refractivity contribution in [1.29, 1.82) is 0 Å². The molecule has 2 aromatic carbocycles. The summed E-state index contributed by atoms with van der Waals surface area (Å²) in [6.45, 7) is 7.64. The van der Waals surface area contributed by atoms with E-state index in [1.54, 1.807) is 28.0 Å². The van der Waals surface area contributed by atoms with Crippen molar-refractivity contribution < 1.29 is 13.2 Å². The third kappa shape index (κ3) is 5.08. The molecule has 0 saturated carbocycles. The van der Waals surface area contributed by atoms with Crippen molar-refractivity contribution in [3.05, 3.63) is 82.2 Å². The Morgan fingerprint density at radius 2 is 1.65 bits per heavy atom. The first kappa shape index (κ1) is 24.2. The summed E-state index contributed by atoms with van der Waals surface area (Å²) < 4.78 is 29.8. The topological polar surface area (TPSA) is 84.3 Å². The number of sulfonamides is 1. The van der Waals surface area contributed by atoms with Crippen molar-refractivity contribution >= 4 is 15.9 Å². The largest absolute Gasteiger partial charge is 0.348 e. The predicted octanol–water partition coefficient (Wildman–Crippen LogP) is 3.96. The summed E-state index contributed by atoms with van der Waals surface area (Å²) in [5.41, 5.74) is 4.93. The summed E-state index contributed by atoms with van der Waals surface area (Å²) in [6, 6.07) is 15.3. The van der Waals surface area contributed by atoms with E-state index in [1.807, 2.05) is 50.2 Å². The molecule has 180 valence electrons. The van der Waals surface area contributed by atoms with E-state index in [1.165, 1.54) is 0 Å². The smallest absolute Gasteiger partial charge is 0.251 e. The number of carbonyl (C=O) groups is 1. The van der Waals surface area contributed by atoms with Gasteiger partial charge in [0.15, 0.2) is 0 Å². The highest BCUT2D eigenvalue weighted by atomic mass is 32.2. The van der Waals surface area contributed by atoms with Crippen molar-refractivity contribution in [2.24, 2.45) is 0 Å². The fourth-order valence-corrected chi connectivity index (χ4v) is 6.35. The minimum atomic E-state index is -3.55. The lowest BCUT2D eigenvalue weighted by molar-refractivity contribution is 0.0951. The van der Waals surface area contributed by atoms with Crippen molar-refractivity contribution in [3.8, 4) is 0 Å². The molecule has 4 rings (SSSR count). The van der Waals surface area contributed by atoms with Gasteiger partial charge in [0, 0.05) is 25.2 Å². The standard InChI is InChI=1S/C26H32N4O3S/c1-19-9-5-6-10-24(19)17-27-26(31)23-13-11-22(12-14-23)18-30-21(3)25(20(2)28-30)34(32,33)29-15-7-4-8-16-29/h5-6,9-14H,4,7-8,15-18H2,1-3H3,(H,27,31). The fraction of sp³-hybridized carbons (Fsp3) is 0.385. The van der Waals surface area contributed by atoms with Crippen LogP contribution in [0, 0.1) is 20.8 Å². The molecule has 1 aliphatic heterocycles. The maximum atomic E-state index is 13.2. The fourth-order valence-electron chi connectivity index (χ4n) is 4.46. The molecule has 8 heteroatoms. The highest BCUT2D eigenvalue weighted by Gasteiger charge is 2.31. The van der Waals surface area contributed by atoms with Gasteiger partial charge in [-0.1, -0.05) is 42.8 Å². The van der Waals surface area contributed by atoms with Crippen molar-refractivity contribution in [1.82, 2.24) is 19.4 Å². The maximum Gasteiger partial charge on any atom is 0.251 e. The molecule has 0 spiro atoms. The number of aromatic nitrogens is 2. The SMILES string of the molecule is Cc1ccccc1CNC(=O)c1ccc(Cn2nc(C)c(S(=O)(=O)N3CCCCC3)c2C)cc1. The van der Waals surface area contributed by atoms with Gasteiger partial charge in [-0.15, -0.1) is 0 Å². The molecule has 7 nitrogen and oxygen atoms in total. The first-order chi connectivity index (χ1) is 16.3. The van der Waals surface area contributed by atoms with Crippen LogP contribution >= 0.6 is 0 Å². The number of hydrogen-bond donors (Lipinski definition) is 1. The lowest BCUT2D eigenvalue weighted by Gasteiger charge is -2.26. The summed E-state index contributed by atoms with van der Waals surface area (Å²) in [5.74, 6) is -0.129. The van der Waals surface area contributed by atoms with Crippen LogP contribution in [0.1, 0.15) is 57.7 Å². The molecule has 2 heterocycles. The second-order valence-corrected chi connectivity index (χ2v) is 10.8. The van der Waals surface area contributed by atoms with Gasteiger partial charge in [0.25, 0.3) is 5.91 Å². The van der Waals surface area contributed by atoms with Crippen LogP contribution in [0.25, 0.3) is 0 Å². The molecule has 0 unspecified atom stereocenters. The average molecular weight is 481 g/mol. The summed E-state index contributed by atoms with van der Waals surface area (Å²) in [4.78, 5) is 12.9. The Morgan fingerprint density at radius 1 is 0.971 bits per heavy atom. The highest BCUT2D eigenvalue weighted by molar-refractivity contribution is 7.89. The molecule has 0 radical (unpaired) electrons. The van der Waals surface area contributed by atoms with E-state index in [9.17, 15) is 13.2 Å². The first-order valence-corrected chi connectivity index (χ1v) is 13.2. The van der Waals surface area contributed by atoms with Crippen LogP contribution in [0.2, 0.25) is 0 Å². The van der Waals surface area contributed by atoms with E-state index in [-0.39, 0.29) is 5.91 Å². The van der Waals surface area contributed by atoms with E-state index >= 15 is 0 Å². The monoisotopic (exact) mass is 480 g/mol. The summed E-state index contributed by atoms with van der Waals surface area (Å²) >= 11 is 0. The Kier molecular flexibility index (Phi) is 7.19. The van der Waals surface area contributed by atoms with Gasteiger partial charge >= 0.3 is 0 Å². The minimum Gasteiger partial charge on any atom is -0.348 e. The predicted molar refractivity (Wildman–Crippen MR) is 132 cm³/mol. The third-order valence-corrected chi connectivity index (χ3v) is 8.63. The van der Waals surface area contributed by atoms with Crippen molar-refractivity contribution in [2.45, 2.75) is 58.0 Å². The Labute approximate surface area is 201 Å². The van der Waals surface area contributed by atoms with Gasteiger partial charge in [0.2, 0.25) is 10.0 Å².